The Morgan fingerprint density at radius 2 is 2.11 bits per heavy atom. The number of ether oxygens (including phenoxy) is 2. The van der Waals surface area contributed by atoms with Gasteiger partial charge in [0, 0.05) is 5.92 Å². The summed E-state index contributed by atoms with van der Waals surface area (Å²) in [5, 5.41) is 0. The van der Waals surface area contributed by atoms with Gasteiger partial charge in [-0.15, -0.1) is 0 Å². The van der Waals surface area contributed by atoms with Crippen molar-refractivity contribution in [3.05, 3.63) is 0 Å². The van der Waals surface area contributed by atoms with Crippen molar-refractivity contribution in [2.24, 2.45) is 23.2 Å². The molecule has 0 aromatic rings. The first-order valence-corrected chi connectivity index (χ1v) is 7.79. The lowest BCUT2D eigenvalue weighted by Crippen LogP contribution is -2.51. The summed E-state index contributed by atoms with van der Waals surface area (Å²) in [6.45, 7) is 9.02. The zero-order valence-corrected chi connectivity index (χ0v) is 12.6. The molecule has 5 unspecified atom stereocenters. The van der Waals surface area contributed by atoms with Gasteiger partial charge in [-0.3, -0.25) is 4.79 Å². The molecule has 1 heterocycles. The Labute approximate surface area is 116 Å². The normalized spacial score (nSPS) is 43.8. The Bertz CT molecular complexity index is 387. The fraction of sp³-hybridized carbons (Fsp3) is 0.938. The molecule has 0 radical (unpaired) electrons. The van der Waals surface area contributed by atoms with Gasteiger partial charge in [0.1, 0.15) is 11.7 Å². The van der Waals surface area contributed by atoms with Gasteiger partial charge in [-0.1, -0.05) is 13.8 Å². The second-order valence-corrected chi connectivity index (χ2v) is 7.28. The van der Waals surface area contributed by atoms with E-state index in [0.29, 0.717) is 11.8 Å². The Morgan fingerprint density at radius 3 is 2.74 bits per heavy atom. The number of carbonyl (C=O) groups is 1. The lowest BCUT2D eigenvalue weighted by Gasteiger charge is -2.41. The summed E-state index contributed by atoms with van der Waals surface area (Å²) in [7, 11) is 0. The minimum Gasteiger partial charge on any atom is -0.456 e. The smallest absolute Gasteiger partial charge is 0.312 e. The van der Waals surface area contributed by atoms with Gasteiger partial charge in [0.25, 0.3) is 0 Å². The topological polar surface area (TPSA) is 35.5 Å². The van der Waals surface area contributed by atoms with Crippen molar-refractivity contribution in [1.82, 2.24) is 0 Å². The molecule has 2 aliphatic carbocycles. The van der Waals surface area contributed by atoms with Crippen molar-refractivity contribution in [2.75, 3.05) is 6.61 Å². The molecule has 0 amide bonds. The molecule has 1 aliphatic heterocycles. The minimum atomic E-state index is -0.387. The van der Waals surface area contributed by atoms with E-state index in [1.54, 1.807) is 0 Å². The van der Waals surface area contributed by atoms with Crippen molar-refractivity contribution >= 4 is 5.97 Å². The second-order valence-electron chi connectivity index (χ2n) is 7.28. The van der Waals surface area contributed by atoms with Gasteiger partial charge < -0.3 is 9.47 Å². The fourth-order valence-electron chi connectivity index (χ4n) is 4.36. The monoisotopic (exact) mass is 266 g/mol. The third-order valence-electron chi connectivity index (χ3n) is 6.07. The van der Waals surface area contributed by atoms with Gasteiger partial charge in [-0.2, -0.15) is 0 Å². The van der Waals surface area contributed by atoms with Crippen molar-refractivity contribution in [3.8, 4) is 0 Å². The standard InChI is InChI=1S/C16H26O3/c1-5-15(3,4)14(17)19-16(6-2)11-7-10-9-18-13(16)12(10)8-11/h10-13H,5-9H2,1-4H3. The van der Waals surface area contributed by atoms with E-state index in [-0.39, 0.29) is 23.1 Å². The molecule has 0 spiro atoms. The zero-order chi connectivity index (χ0) is 13.8. The Kier molecular flexibility index (Phi) is 2.97. The van der Waals surface area contributed by atoms with Crippen LogP contribution in [0.5, 0.6) is 0 Å². The summed E-state index contributed by atoms with van der Waals surface area (Å²) in [6.07, 6.45) is 4.25. The van der Waals surface area contributed by atoms with E-state index in [9.17, 15) is 4.79 Å². The van der Waals surface area contributed by atoms with E-state index in [1.165, 1.54) is 12.8 Å². The van der Waals surface area contributed by atoms with Gasteiger partial charge in [-0.25, -0.2) is 0 Å². The van der Waals surface area contributed by atoms with Crippen LogP contribution in [0.4, 0.5) is 0 Å². The molecule has 0 aromatic carbocycles. The third kappa shape index (κ3) is 1.70. The molecule has 2 bridgehead atoms. The molecule has 108 valence electrons. The van der Waals surface area contributed by atoms with Crippen molar-refractivity contribution in [2.45, 2.75) is 65.1 Å². The van der Waals surface area contributed by atoms with Crippen LogP contribution < -0.4 is 0 Å². The van der Waals surface area contributed by atoms with Crippen molar-refractivity contribution in [1.29, 1.82) is 0 Å². The highest BCUT2D eigenvalue weighted by molar-refractivity contribution is 5.76. The molecule has 0 aromatic heterocycles. The average Bonchev–Trinajstić information content (AvgIpc) is 2.99. The molecular weight excluding hydrogens is 240 g/mol. The van der Waals surface area contributed by atoms with Crippen LogP contribution in [0.1, 0.15) is 53.4 Å². The van der Waals surface area contributed by atoms with E-state index in [2.05, 4.69) is 6.92 Å². The first kappa shape index (κ1) is 13.4. The quantitative estimate of drug-likeness (QED) is 0.733. The van der Waals surface area contributed by atoms with Crippen LogP contribution in [-0.4, -0.2) is 24.3 Å². The van der Waals surface area contributed by atoms with Crippen LogP contribution in [0.2, 0.25) is 0 Å². The molecule has 2 saturated carbocycles. The molecule has 0 N–H and O–H groups in total. The fourth-order valence-corrected chi connectivity index (χ4v) is 4.36. The summed E-state index contributed by atoms with van der Waals surface area (Å²) < 4.78 is 12.1. The van der Waals surface area contributed by atoms with Crippen LogP contribution in [0.15, 0.2) is 0 Å². The van der Waals surface area contributed by atoms with E-state index < -0.39 is 0 Å². The minimum absolute atomic E-state index is 0.0450. The first-order valence-electron chi connectivity index (χ1n) is 7.79. The summed E-state index contributed by atoms with van der Waals surface area (Å²) in [6, 6.07) is 0. The molecule has 1 saturated heterocycles. The predicted molar refractivity (Wildman–Crippen MR) is 72.6 cm³/mol. The molecule has 3 heteroatoms. The molecule has 3 fully saturated rings. The number of hydrogen-bond acceptors (Lipinski definition) is 3. The molecular formula is C16H26O3. The zero-order valence-electron chi connectivity index (χ0n) is 12.6. The lowest BCUT2D eigenvalue weighted by atomic mass is 9.76. The largest absolute Gasteiger partial charge is 0.456 e. The van der Waals surface area contributed by atoms with Crippen molar-refractivity contribution < 1.29 is 14.3 Å². The van der Waals surface area contributed by atoms with Crippen LogP contribution >= 0.6 is 0 Å². The maximum atomic E-state index is 12.5. The van der Waals surface area contributed by atoms with E-state index in [4.69, 9.17) is 9.47 Å². The van der Waals surface area contributed by atoms with Crippen molar-refractivity contribution in [3.63, 3.8) is 0 Å². The Hall–Kier alpha value is -0.570. The maximum absolute atomic E-state index is 12.5. The number of esters is 1. The lowest BCUT2D eigenvalue weighted by molar-refractivity contribution is -0.191. The molecule has 19 heavy (non-hydrogen) atoms. The SMILES string of the molecule is CCC(C)(C)C(=O)OC1(CC)C2CC3COC1C3C2. The summed E-state index contributed by atoms with van der Waals surface area (Å²) >= 11 is 0. The average molecular weight is 266 g/mol. The van der Waals surface area contributed by atoms with E-state index in [0.717, 1.165) is 25.4 Å². The van der Waals surface area contributed by atoms with Gasteiger partial charge in [0.15, 0.2) is 0 Å². The highest BCUT2D eigenvalue weighted by atomic mass is 16.6. The van der Waals surface area contributed by atoms with Gasteiger partial charge >= 0.3 is 5.97 Å². The summed E-state index contributed by atoms with van der Waals surface area (Å²) in [5.41, 5.74) is -0.719. The van der Waals surface area contributed by atoms with Crippen LogP contribution in [0.3, 0.4) is 0 Å². The van der Waals surface area contributed by atoms with Gasteiger partial charge in [0.05, 0.1) is 12.0 Å². The van der Waals surface area contributed by atoms with Gasteiger partial charge in [-0.05, 0) is 51.4 Å². The van der Waals surface area contributed by atoms with Gasteiger partial charge in [0.2, 0.25) is 0 Å². The summed E-state index contributed by atoms with van der Waals surface area (Å²) in [5.74, 6) is 1.85. The third-order valence-corrected chi connectivity index (χ3v) is 6.07. The number of hydrogen-bond donors (Lipinski definition) is 0. The number of rotatable bonds is 4. The molecule has 3 nitrogen and oxygen atoms in total. The Morgan fingerprint density at radius 1 is 1.37 bits per heavy atom. The first-order chi connectivity index (χ1) is 8.94. The van der Waals surface area contributed by atoms with E-state index >= 15 is 0 Å². The maximum Gasteiger partial charge on any atom is 0.312 e. The molecule has 3 rings (SSSR count). The highest BCUT2D eigenvalue weighted by Crippen LogP contribution is 2.61. The number of fused-ring (bicyclic) bond motifs is 1. The van der Waals surface area contributed by atoms with Crippen LogP contribution in [0, 0.1) is 23.2 Å². The Balaban J connectivity index is 1.84. The van der Waals surface area contributed by atoms with Crippen LogP contribution in [0.25, 0.3) is 0 Å². The highest BCUT2D eigenvalue weighted by Gasteiger charge is 2.67. The molecule has 3 aliphatic rings. The second kappa shape index (κ2) is 4.21. The van der Waals surface area contributed by atoms with E-state index in [1.807, 2.05) is 20.8 Å². The predicted octanol–water partition coefficient (Wildman–Crippen LogP) is 3.17. The number of carbonyl (C=O) groups excluding carboxylic acids is 1. The summed E-state index contributed by atoms with van der Waals surface area (Å²) in [4.78, 5) is 12.5. The molecule has 5 atom stereocenters. The van der Waals surface area contributed by atoms with Crippen LogP contribution in [-0.2, 0) is 14.3 Å².